The number of rotatable bonds is 6. The third-order valence-electron chi connectivity index (χ3n) is 5.50. The Morgan fingerprint density at radius 1 is 1.17 bits per heavy atom. The minimum Gasteiger partial charge on any atom is -0.496 e. The molecule has 0 bridgehead atoms. The number of halogens is 1. The Hall–Kier alpha value is -2.77. The Balaban J connectivity index is 0.00000256. The van der Waals surface area contributed by atoms with Crippen molar-refractivity contribution in [2.45, 2.75) is 25.3 Å². The van der Waals surface area contributed by atoms with Crippen LogP contribution in [0.15, 0.2) is 47.3 Å². The van der Waals surface area contributed by atoms with Crippen molar-refractivity contribution < 1.29 is 9.53 Å². The van der Waals surface area contributed by atoms with Crippen LogP contribution in [0.4, 0.5) is 0 Å². The predicted octanol–water partition coefficient (Wildman–Crippen LogP) is 2.78. The second-order valence-corrected chi connectivity index (χ2v) is 7.36. The Bertz CT molecular complexity index is 1060. The molecule has 2 heterocycles. The third-order valence-corrected chi connectivity index (χ3v) is 5.50. The summed E-state index contributed by atoms with van der Waals surface area (Å²) in [6, 6.07) is 13.7. The van der Waals surface area contributed by atoms with E-state index in [0.29, 0.717) is 13.0 Å². The minimum absolute atomic E-state index is 0. The summed E-state index contributed by atoms with van der Waals surface area (Å²) in [7, 11) is 1.66. The van der Waals surface area contributed by atoms with E-state index in [1.807, 2.05) is 47.4 Å². The molecule has 1 fully saturated rings. The average Bonchev–Trinajstić information content (AvgIpc) is 3.13. The molecule has 7 nitrogen and oxygen atoms in total. The molecule has 160 valence electrons. The molecule has 30 heavy (non-hydrogen) atoms. The number of para-hydroxylation sites is 1. The molecule has 0 saturated carbocycles. The number of carbonyl (C=O) groups is 1. The van der Waals surface area contributed by atoms with E-state index in [0.717, 1.165) is 53.8 Å². The molecular formula is C22H27ClN4O3. The van der Waals surface area contributed by atoms with Crippen LogP contribution in [-0.2, 0) is 11.2 Å². The van der Waals surface area contributed by atoms with Crippen molar-refractivity contribution in [1.82, 2.24) is 20.2 Å². The van der Waals surface area contributed by atoms with E-state index in [1.54, 1.807) is 7.11 Å². The second kappa shape index (κ2) is 9.82. The Labute approximate surface area is 181 Å². The van der Waals surface area contributed by atoms with Gasteiger partial charge in [0.05, 0.1) is 24.2 Å². The van der Waals surface area contributed by atoms with Crippen LogP contribution in [0, 0.1) is 0 Å². The molecule has 1 unspecified atom stereocenters. The van der Waals surface area contributed by atoms with E-state index in [-0.39, 0.29) is 30.0 Å². The van der Waals surface area contributed by atoms with Crippen molar-refractivity contribution in [2.24, 2.45) is 0 Å². The van der Waals surface area contributed by atoms with Gasteiger partial charge in [-0.15, -0.1) is 12.4 Å². The number of hydrogen-bond acceptors (Lipinski definition) is 4. The number of aromatic amines is 2. The number of hydrogen-bond donors (Lipinski definition) is 3. The van der Waals surface area contributed by atoms with Gasteiger partial charge in [0.1, 0.15) is 5.75 Å². The number of ether oxygens (including phenoxy) is 1. The average molecular weight is 431 g/mol. The van der Waals surface area contributed by atoms with E-state index < -0.39 is 0 Å². The summed E-state index contributed by atoms with van der Waals surface area (Å²) in [4.78, 5) is 31.9. The fourth-order valence-corrected chi connectivity index (χ4v) is 4.04. The third kappa shape index (κ3) is 4.68. The highest BCUT2D eigenvalue weighted by atomic mass is 35.5. The number of methoxy groups -OCH3 is 1. The number of H-pyrrole nitrogens is 2. The molecule has 1 aromatic heterocycles. The Morgan fingerprint density at radius 2 is 1.97 bits per heavy atom. The van der Waals surface area contributed by atoms with Gasteiger partial charge in [0.2, 0.25) is 5.91 Å². The summed E-state index contributed by atoms with van der Waals surface area (Å²) < 4.78 is 5.51. The van der Waals surface area contributed by atoms with Gasteiger partial charge >= 0.3 is 5.69 Å². The van der Waals surface area contributed by atoms with Gasteiger partial charge in [-0.25, -0.2) is 4.79 Å². The van der Waals surface area contributed by atoms with E-state index in [1.165, 1.54) is 0 Å². The van der Waals surface area contributed by atoms with Crippen molar-refractivity contribution in [1.29, 1.82) is 0 Å². The summed E-state index contributed by atoms with van der Waals surface area (Å²) in [5, 5.41) is 3.39. The van der Waals surface area contributed by atoms with E-state index in [9.17, 15) is 9.59 Å². The van der Waals surface area contributed by atoms with Crippen molar-refractivity contribution in [3.63, 3.8) is 0 Å². The van der Waals surface area contributed by atoms with Crippen molar-refractivity contribution in [3.05, 3.63) is 64.1 Å². The van der Waals surface area contributed by atoms with Gasteiger partial charge in [0, 0.05) is 31.6 Å². The minimum atomic E-state index is -0.201. The molecule has 1 atom stereocenters. The van der Waals surface area contributed by atoms with Crippen LogP contribution in [0.2, 0.25) is 0 Å². The number of carbonyl (C=O) groups excluding carboxylic acids is 1. The van der Waals surface area contributed by atoms with E-state index in [4.69, 9.17) is 4.74 Å². The molecule has 3 N–H and O–H groups in total. The summed E-state index contributed by atoms with van der Waals surface area (Å²) in [6.07, 6.45) is 2.05. The van der Waals surface area contributed by atoms with Gasteiger partial charge in [0.25, 0.3) is 0 Å². The Kier molecular flexibility index (Phi) is 7.18. The maximum atomic E-state index is 13.0. The molecule has 0 spiro atoms. The topological polar surface area (TPSA) is 90.2 Å². The number of imidazole rings is 1. The van der Waals surface area contributed by atoms with Crippen LogP contribution >= 0.6 is 12.4 Å². The highest BCUT2D eigenvalue weighted by Gasteiger charge is 2.29. The van der Waals surface area contributed by atoms with Crippen LogP contribution in [-0.4, -0.2) is 47.5 Å². The first-order chi connectivity index (χ1) is 14.2. The van der Waals surface area contributed by atoms with Crippen LogP contribution in [0.25, 0.3) is 11.0 Å². The normalized spacial score (nSPS) is 16.3. The lowest BCUT2D eigenvalue weighted by molar-refractivity contribution is -0.134. The fourth-order valence-electron chi connectivity index (χ4n) is 4.04. The second-order valence-electron chi connectivity index (χ2n) is 7.36. The molecule has 1 aliphatic heterocycles. The number of piperazine rings is 1. The zero-order valence-corrected chi connectivity index (χ0v) is 17.8. The quantitative estimate of drug-likeness (QED) is 0.561. The van der Waals surface area contributed by atoms with E-state index >= 15 is 0 Å². The van der Waals surface area contributed by atoms with Gasteiger partial charge in [-0.3, -0.25) is 4.79 Å². The molecule has 0 radical (unpaired) electrons. The molecule has 1 amide bonds. The van der Waals surface area contributed by atoms with Crippen LogP contribution < -0.4 is 15.7 Å². The SMILES string of the molecule is COc1ccccc1C1CNCCN1C(=O)CCCc1ccc2[nH]c(=O)[nH]c2c1.Cl. The van der Waals surface area contributed by atoms with Crippen LogP contribution in [0.1, 0.15) is 30.0 Å². The van der Waals surface area contributed by atoms with Gasteiger partial charge in [-0.05, 0) is 36.6 Å². The van der Waals surface area contributed by atoms with E-state index in [2.05, 4.69) is 15.3 Å². The Morgan fingerprint density at radius 3 is 2.80 bits per heavy atom. The summed E-state index contributed by atoms with van der Waals surface area (Å²) in [6.45, 7) is 2.22. The maximum Gasteiger partial charge on any atom is 0.323 e. The zero-order valence-electron chi connectivity index (χ0n) is 16.9. The van der Waals surface area contributed by atoms with Crippen molar-refractivity contribution in [3.8, 4) is 5.75 Å². The molecule has 1 saturated heterocycles. The number of nitrogens with one attached hydrogen (secondary N) is 3. The number of aromatic nitrogens is 2. The van der Waals surface area contributed by atoms with Gasteiger partial charge in [-0.1, -0.05) is 24.3 Å². The molecule has 3 aromatic rings. The summed E-state index contributed by atoms with van der Waals surface area (Å²) in [5.41, 5.74) is 3.56. The lowest BCUT2D eigenvalue weighted by Gasteiger charge is -2.37. The van der Waals surface area contributed by atoms with Crippen molar-refractivity contribution >= 4 is 29.3 Å². The number of amides is 1. The number of benzene rings is 2. The summed E-state index contributed by atoms with van der Waals surface area (Å²) in [5.74, 6) is 0.978. The lowest BCUT2D eigenvalue weighted by atomic mass is 10.0. The van der Waals surface area contributed by atoms with Gasteiger partial charge in [-0.2, -0.15) is 0 Å². The number of aryl methyl sites for hydroxylation is 1. The molecule has 8 heteroatoms. The standard InChI is InChI=1S/C22H26N4O3.ClH/c1-29-20-7-3-2-6-16(20)19-14-23-11-12-26(19)21(27)8-4-5-15-9-10-17-18(13-15)25-22(28)24-17;/h2-3,6-7,9-10,13,19,23H,4-5,8,11-12,14H2,1H3,(H2,24,25,28);1H. The monoisotopic (exact) mass is 430 g/mol. The highest BCUT2D eigenvalue weighted by molar-refractivity contribution is 5.85. The van der Waals surface area contributed by atoms with Crippen molar-refractivity contribution in [2.75, 3.05) is 26.7 Å². The summed E-state index contributed by atoms with van der Waals surface area (Å²) >= 11 is 0. The first-order valence-electron chi connectivity index (χ1n) is 10.00. The fraction of sp³-hybridized carbons (Fsp3) is 0.364. The molecule has 2 aromatic carbocycles. The van der Waals surface area contributed by atoms with Gasteiger partial charge < -0.3 is 24.9 Å². The largest absolute Gasteiger partial charge is 0.496 e. The molecular weight excluding hydrogens is 404 g/mol. The zero-order chi connectivity index (χ0) is 20.2. The predicted molar refractivity (Wildman–Crippen MR) is 119 cm³/mol. The van der Waals surface area contributed by atoms with Crippen LogP contribution in [0.5, 0.6) is 5.75 Å². The first kappa shape index (κ1) is 21.9. The smallest absolute Gasteiger partial charge is 0.323 e. The number of fused-ring (bicyclic) bond motifs is 1. The molecule has 0 aliphatic carbocycles. The van der Waals surface area contributed by atoms with Crippen LogP contribution in [0.3, 0.4) is 0 Å². The lowest BCUT2D eigenvalue weighted by Crippen LogP contribution is -2.48. The molecule has 4 rings (SSSR count). The van der Waals surface area contributed by atoms with Gasteiger partial charge in [0.15, 0.2) is 0 Å². The first-order valence-corrected chi connectivity index (χ1v) is 10.00. The highest BCUT2D eigenvalue weighted by Crippen LogP contribution is 2.30. The number of nitrogens with zero attached hydrogens (tertiary/aromatic N) is 1. The maximum absolute atomic E-state index is 13.0. The molecule has 1 aliphatic rings.